The number of aryl methyl sites for hydroxylation is 1. The van der Waals surface area contributed by atoms with Crippen LogP contribution in [-0.2, 0) is 22.7 Å². The van der Waals surface area contributed by atoms with Crippen molar-refractivity contribution in [2.24, 2.45) is 0 Å². The molecule has 0 amide bonds. The molecule has 286 valence electrons. The lowest BCUT2D eigenvalue weighted by Gasteiger charge is -2.22. The summed E-state index contributed by atoms with van der Waals surface area (Å²) in [4.78, 5) is 2.26. The van der Waals surface area contributed by atoms with Gasteiger partial charge < -0.3 is 13.9 Å². The number of hydrogen-bond donors (Lipinski definition) is 0. The molecule has 1 aliphatic rings. The molecule has 2 aromatic heterocycles. The van der Waals surface area contributed by atoms with Crippen LogP contribution >= 0.6 is 11.8 Å². The van der Waals surface area contributed by atoms with Crippen LogP contribution in [0.4, 0.5) is 0 Å². The van der Waals surface area contributed by atoms with Crippen molar-refractivity contribution in [3.8, 4) is 22.9 Å². The Labute approximate surface area is 337 Å². The second kappa shape index (κ2) is 13.6. The van der Waals surface area contributed by atoms with Gasteiger partial charge in [0.1, 0.15) is 11.5 Å². The molecule has 0 spiro atoms. The molecule has 9 rings (SSSR count). The van der Waals surface area contributed by atoms with Crippen LogP contribution in [0.25, 0.3) is 55.0 Å². The summed E-state index contributed by atoms with van der Waals surface area (Å²) in [6.45, 7) is 26.9. The van der Waals surface area contributed by atoms with Crippen LogP contribution in [0.1, 0.15) is 105 Å². The van der Waals surface area contributed by atoms with Crippen molar-refractivity contribution in [1.29, 1.82) is 0 Å². The number of rotatable bonds is 3. The van der Waals surface area contributed by atoms with Gasteiger partial charge in [-0.3, -0.25) is 0 Å². The summed E-state index contributed by atoms with van der Waals surface area (Å²) >= 11 is 1.78. The van der Waals surface area contributed by atoms with Crippen LogP contribution in [0.15, 0.2) is 119 Å². The Hall–Kier alpha value is -4.93. The van der Waals surface area contributed by atoms with Gasteiger partial charge in [0.15, 0.2) is 0 Å². The van der Waals surface area contributed by atoms with E-state index in [9.17, 15) is 0 Å². The van der Waals surface area contributed by atoms with Crippen molar-refractivity contribution < 1.29 is 4.74 Å². The van der Waals surface area contributed by atoms with Crippen LogP contribution < -0.4 is 4.74 Å². The maximum Gasteiger partial charge on any atom is 0.143 e. The van der Waals surface area contributed by atoms with Crippen LogP contribution in [0.2, 0.25) is 0 Å². The van der Waals surface area contributed by atoms with E-state index in [1.54, 1.807) is 11.8 Å². The van der Waals surface area contributed by atoms with Crippen LogP contribution in [0.3, 0.4) is 0 Å². The first kappa shape index (κ1) is 38.0. The molecular weight excluding hydrogens is 701 g/mol. The van der Waals surface area contributed by atoms with Crippen LogP contribution in [0, 0.1) is 0 Å². The van der Waals surface area contributed by atoms with Gasteiger partial charge in [-0.1, -0.05) is 119 Å². The standard InChI is InChI=1S/C50H50N2OS.C2H6/c1-11-30-12-18-40-36(24-30)37-25-31(48(2,3)4)13-19-41(37)51(40)34-16-22-46-44(28-34)53-45-29-35(17-23-47(45)54-46)52-42-20-14-32(49(5,6)7)26-38(42)39-27-33(50(8,9)10)15-21-43(39)52;1-2/h12-29H,11H2,1-10H3;1-2H3. The minimum absolute atomic E-state index is 0.0560. The van der Waals surface area contributed by atoms with Gasteiger partial charge in [-0.2, -0.15) is 0 Å². The van der Waals surface area contributed by atoms with E-state index >= 15 is 0 Å². The van der Waals surface area contributed by atoms with Crippen molar-refractivity contribution in [2.75, 3.05) is 0 Å². The second-order valence-electron chi connectivity index (χ2n) is 18.3. The first-order valence-electron chi connectivity index (χ1n) is 20.4. The van der Waals surface area contributed by atoms with Gasteiger partial charge in [0.2, 0.25) is 0 Å². The van der Waals surface area contributed by atoms with Crippen LogP contribution in [0.5, 0.6) is 11.5 Å². The fourth-order valence-electron chi connectivity index (χ4n) is 8.11. The third kappa shape index (κ3) is 6.40. The van der Waals surface area contributed by atoms with E-state index in [4.69, 9.17) is 4.74 Å². The molecule has 0 bridgehead atoms. The highest BCUT2D eigenvalue weighted by Gasteiger charge is 2.25. The van der Waals surface area contributed by atoms with Gasteiger partial charge in [-0.05, 0) is 118 Å². The monoisotopic (exact) mass is 756 g/mol. The zero-order chi connectivity index (χ0) is 39.9. The predicted octanol–water partition coefficient (Wildman–Crippen LogP) is 15.6. The highest BCUT2D eigenvalue weighted by atomic mass is 32.2. The van der Waals surface area contributed by atoms with E-state index in [1.165, 1.54) is 65.9 Å². The quantitative estimate of drug-likeness (QED) is 0.179. The zero-order valence-electron chi connectivity index (χ0n) is 35.3. The van der Waals surface area contributed by atoms with Crippen molar-refractivity contribution in [2.45, 2.75) is 116 Å². The zero-order valence-corrected chi connectivity index (χ0v) is 36.1. The lowest BCUT2D eigenvalue weighted by Crippen LogP contribution is -2.10. The van der Waals surface area contributed by atoms with E-state index in [0.717, 1.165) is 39.1 Å². The summed E-state index contributed by atoms with van der Waals surface area (Å²) in [6.07, 6.45) is 1.01. The Morgan fingerprint density at radius 1 is 0.446 bits per heavy atom. The van der Waals surface area contributed by atoms with E-state index in [0.29, 0.717) is 0 Å². The summed E-state index contributed by atoms with van der Waals surface area (Å²) in [7, 11) is 0. The average molecular weight is 757 g/mol. The highest BCUT2D eigenvalue weighted by Crippen LogP contribution is 2.49. The molecule has 0 fully saturated rings. The summed E-state index contributed by atoms with van der Waals surface area (Å²) in [6, 6.07) is 41.4. The Bertz CT molecular complexity index is 2740. The predicted molar refractivity (Wildman–Crippen MR) is 243 cm³/mol. The Morgan fingerprint density at radius 3 is 1.16 bits per heavy atom. The molecule has 6 aromatic carbocycles. The average Bonchev–Trinajstić information content (AvgIpc) is 3.67. The topological polar surface area (TPSA) is 19.1 Å². The number of aromatic nitrogens is 2. The minimum Gasteiger partial charge on any atom is -0.455 e. The number of fused-ring (bicyclic) bond motifs is 8. The van der Waals surface area contributed by atoms with E-state index < -0.39 is 0 Å². The molecule has 4 heteroatoms. The molecule has 0 saturated carbocycles. The summed E-state index contributed by atoms with van der Waals surface area (Å²) in [5.41, 5.74) is 12.6. The molecule has 8 aromatic rings. The van der Waals surface area contributed by atoms with Gasteiger partial charge in [0.25, 0.3) is 0 Å². The van der Waals surface area contributed by atoms with E-state index in [-0.39, 0.29) is 16.2 Å². The van der Waals surface area contributed by atoms with Gasteiger partial charge in [-0.15, -0.1) is 0 Å². The summed E-state index contributed by atoms with van der Waals surface area (Å²) in [5.74, 6) is 1.78. The first-order chi connectivity index (χ1) is 26.6. The van der Waals surface area contributed by atoms with E-state index in [1.807, 2.05) is 13.8 Å². The molecule has 0 aliphatic carbocycles. The summed E-state index contributed by atoms with van der Waals surface area (Å²) < 4.78 is 11.7. The lowest BCUT2D eigenvalue weighted by molar-refractivity contribution is 0.454. The lowest BCUT2D eigenvalue weighted by atomic mass is 9.85. The fourth-order valence-corrected chi connectivity index (χ4v) is 9.02. The number of ether oxygens (including phenoxy) is 1. The smallest absolute Gasteiger partial charge is 0.143 e. The Kier molecular flexibility index (Phi) is 9.24. The maximum atomic E-state index is 6.88. The van der Waals surface area contributed by atoms with Gasteiger partial charge in [0.05, 0.1) is 31.9 Å². The van der Waals surface area contributed by atoms with Crippen LogP contribution in [-0.4, -0.2) is 9.13 Å². The number of nitrogens with zero attached hydrogens (tertiary/aromatic N) is 2. The maximum absolute atomic E-state index is 6.88. The highest BCUT2D eigenvalue weighted by molar-refractivity contribution is 7.99. The minimum atomic E-state index is 0.0560. The van der Waals surface area contributed by atoms with Gasteiger partial charge in [-0.25, -0.2) is 0 Å². The third-order valence-corrected chi connectivity index (χ3v) is 12.5. The molecule has 0 atom stereocenters. The first-order valence-corrected chi connectivity index (χ1v) is 21.2. The number of hydrogen-bond acceptors (Lipinski definition) is 2. The molecule has 0 N–H and O–H groups in total. The Balaban J connectivity index is 0.00000217. The SMILES string of the molecule is CC.CCc1ccc2c(c1)c1cc(C(C)(C)C)ccc1n2-c1ccc2c(c1)Oc1cc(-n3c4ccc(C(C)(C)C)cc4c4cc(C(C)(C)C)ccc43)ccc1S2. The molecule has 0 radical (unpaired) electrons. The van der Waals surface area contributed by atoms with Crippen molar-refractivity contribution in [3.63, 3.8) is 0 Å². The summed E-state index contributed by atoms with van der Waals surface area (Å²) in [5, 5.41) is 5.18. The molecule has 3 heterocycles. The molecule has 56 heavy (non-hydrogen) atoms. The van der Waals surface area contributed by atoms with E-state index in [2.05, 4.69) is 188 Å². The second-order valence-corrected chi connectivity index (χ2v) is 19.4. The van der Waals surface area contributed by atoms with Crippen molar-refractivity contribution in [1.82, 2.24) is 9.13 Å². The fraction of sp³-hybridized carbons (Fsp3) is 0.308. The Morgan fingerprint density at radius 2 is 0.804 bits per heavy atom. The van der Waals surface area contributed by atoms with Gasteiger partial charge in [0, 0.05) is 45.1 Å². The third-order valence-electron chi connectivity index (χ3n) is 11.4. The molecular formula is C52H56N2OS. The van der Waals surface area contributed by atoms with Gasteiger partial charge >= 0.3 is 0 Å². The molecule has 1 aliphatic heterocycles. The molecule has 0 unspecified atom stereocenters. The normalized spacial score (nSPS) is 13.1. The number of benzene rings is 6. The molecule has 0 saturated heterocycles. The molecule has 3 nitrogen and oxygen atoms in total. The van der Waals surface area contributed by atoms with Crippen molar-refractivity contribution >= 4 is 55.4 Å². The largest absolute Gasteiger partial charge is 0.455 e. The van der Waals surface area contributed by atoms with Crippen molar-refractivity contribution in [3.05, 3.63) is 131 Å².